The van der Waals surface area contributed by atoms with Crippen LogP contribution in [-0.2, 0) is 9.59 Å². The molecule has 18 heavy (non-hydrogen) atoms. The summed E-state index contributed by atoms with van der Waals surface area (Å²) in [6.07, 6.45) is 1.33. The van der Waals surface area contributed by atoms with Gasteiger partial charge < -0.3 is 15.3 Å². The minimum absolute atomic E-state index is 0.0562. The second kappa shape index (κ2) is 5.24. The first-order valence-electron chi connectivity index (χ1n) is 6.51. The van der Waals surface area contributed by atoms with Gasteiger partial charge >= 0.3 is 5.97 Å². The summed E-state index contributed by atoms with van der Waals surface area (Å²) < 4.78 is 0. The lowest BCUT2D eigenvalue weighted by molar-refractivity contribution is -0.155. The van der Waals surface area contributed by atoms with Gasteiger partial charge in [0.15, 0.2) is 0 Å². The summed E-state index contributed by atoms with van der Waals surface area (Å²) in [5, 5.41) is 12.5. The van der Waals surface area contributed by atoms with E-state index in [-0.39, 0.29) is 5.91 Å². The number of carbonyl (C=O) groups excluding carboxylic acids is 1. The van der Waals surface area contributed by atoms with Crippen molar-refractivity contribution in [2.24, 2.45) is 0 Å². The maximum absolute atomic E-state index is 12.2. The maximum atomic E-state index is 12.2. The second-order valence-electron chi connectivity index (χ2n) is 5.25. The van der Waals surface area contributed by atoms with E-state index in [0.29, 0.717) is 19.5 Å². The highest BCUT2D eigenvalue weighted by molar-refractivity contribution is 5.88. The summed E-state index contributed by atoms with van der Waals surface area (Å²) in [5.74, 6) is -0.951. The van der Waals surface area contributed by atoms with Crippen LogP contribution in [0.3, 0.4) is 0 Å². The standard InChI is InChI=1S/C12H21N3O3/c1-12(11(17)18)3-2-6-15(12)10(16)9-14-7-4-13-5-8-14/h13H,2-9H2,1H3,(H,17,18). The Morgan fingerprint density at radius 1 is 1.28 bits per heavy atom. The third-order valence-corrected chi connectivity index (χ3v) is 3.97. The Bertz CT molecular complexity index is 341. The average Bonchev–Trinajstić information content (AvgIpc) is 2.74. The summed E-state index contributed by atoms with van der Waals surface area (Å²) in [5.41, 5.74) is -1.01. The quantitative estimate of drug-likeness (QED) is 0.701. The highest BCUT2D eigenvalue weighted by Gasteiger charge is 2.45. The molecule has 0 bridgehead atoms. The zero-order chi connectivity index (χ0) is 13.2. The molecule has 1 unspecified atom stereocenters. The van der Waals surface area contributed by atoms with E-state index in [1.54, 1.807) is 6.92 Å². The number of piperazine rings is 1. The molecule has 0 radical (unpaired) electrons. The number of rotatable bonds is 3. The number of aliphatic carboxylic acids is 1. The van der Waals surface area contributed by atoms with Gasteiger partial charge in [-0.15, -0.1) is 0 Å². The van der Waals surface area contributed by atoms with Crippen LogP contribution in [0.1, 0.15) is 19.8 Å². The number of likely N-dealkylation sites (tertiary alicyclic amines) is 1. The number of hydrogen-bond acceptors (Lipinski definition) is 4. The smallest absolute Gasteiger partial charge is 0.329 e. The van der Waals surface area contributed by atoms with Crippen molar-refractivity contribution in [3.63, 3.8) is 0 Å². The van der Waals surface area contributed by atoms with Crippen LogP contribution in [0, 0.1) is 0 Å². The highest BCUT2D eigenvalue weighted by Crippen LogP contribution is 2.29. The molecule has 0 aliphatic carbocycles. The molecule has 2 saturated heterocycles. The molecule has 6 heteroatoms. The fraction of sp³-hybridized carbons (Fsp3) is 0.833. The molecule has 0 spiro atoms. The number of nitrogens with zero attached hydrogens (tertiary/aromatic N) is 2. The van der Waals surface area contributed by atoms with Crippen molar-refractivity contribution in [1.82, 2.24) is 15.1 Å². The molecule has 2 rings (SSSR count). The normalized spacial score (nSPS) is 29.5. The topological polar surface area (TPSA) is 72.9 Å². The minimum atomic E-state index is -1.01. The molecular weight excluding hydrogens is 234 g/mol. The molecule has 0 aromatic rings. The van der Waals surface area contributed by atoms with Gasteiger partial charge in [0.1, 0.15) is 5.54 Å². The van der Waals surface area contributed by atoms with E-state index in [9.17, 15) is 14.7 Å². The van der Waals surface area contributed by atoms with Gasteiger partial charge in [-0.1, -0.05) is 0 Å². The first-order chi connectivity index (χ1) is 8.54. The molecule has 2 heterocycles. The largest absolute Gasteiger partial charge is 0.480 e. The molecular formula is C12H21N3O3. The van der Waals surface area contributed by atoms with Gasteiger partial charge in [-0.05, 0) is 19.8 Å². The predicted molar refractivity (Wildman–Crippen MR) is 66.3 cm³/mol. The van der Waals surface area contributed by atoms with Crippen molar-refractivity contribution in [3.05, 3.63) is 0 Å². The molecule has 6 nitrogen and oxygen atoms in total. The Labute approximate surface area is 107 Å². The van der Waals surface area contributed by atoms with Crippen molar-refractivity contribution in [2.75, 3.05) is 39.3 Å². The molecule has 0 aromatic heterocycles. The second-order valence-corrected chi connectivity index (χ2v) is 5.25. The summed E-state index contributed by atoms with van der Waals surface area (Å²) in [4.78, 5) is 27.2. The Kier molecular flexibility index (Phi) is 3.87. The van der Waals surface area contributed by atoms with Crippen LogP contribution in [0.2, 0.25) is 0 Å². The van der Waals surface area contributed by atoms with Crippen LogP contribution in [0.25, 0.3) is 0 Å². The number of amides is 1. The third-order valence-electron chi connectivity index (χ3n) is 3.97. The van der Waals surface area contributed by atoms with Gasteiger partial charge in [0.2, 0.25) is 5.91 Å². The molecule has 2 fully saturated rings. The molecule has 1 amide bonds. The van der Waals surface area contributed by atoms with Crippen LogP contribution in [0.5, 0.6) is 0 Å². The van der Waals surface area contributed by atoms with Gasteiger partial charge in [-0.3, -0.25) is 9.69 Å². The van der Waals surface area contributed by atoms with E-state index >= 15 is 0 Å². The Morgan fingerprint density at radius 2 is 1.94 bits per heavy atom. The van der Waals surface area contributed by atoms with Gasteiger partial charge in [0.05, 0.1) is 6.54 Å². The first kappa shape index (κ1) is 13.3. The van der Waals surface area contributed by atoms with E-state index in [1.807, 2.05) is 0 Å². The average molecular weight is 255 g/mol. The summed E-state index contributed by atoms with van der Waals surface area (Å²) in [6.45, 7) is 6.04. The zero-order valence-electron chi connectivity index (χ0n) is 10.8. The van der Waals surface area contributed by atoms with E-state index in [4.69, 9.17) is 0 Å². The van der Waals surface area contributed by atoms with Crippen LogP contribution in [0.4, 0.5) is 0 Å². The molecule has 0 aromatic carbocycles. The molecule has 0 saturated carbocycles. The van der Waals surface area contributed by atoms with E-state index in [0.717, 1.165) is 32.6 Å². The molecule has 2 N–H and O–H groups in total. The van der Waals surface area contributed by atoms with Crippen molar-refractivity contribution in [2.45, 2.75) is 25.3 Å². The highest BCUT2D eigenvalue weighted by atomic mass is 16.4. The van der Waals surface area contributed by atoms with Crippen molar-refractivity contribution < 1.29 is 14.7 Å². The predicted octanol–water partition coefficient (Wildman–Crippen LogP) is -0.643. The van der Waals surface area contributed by atoms with Gasteiger partial charge in [-0.2, -0.15) is 0 Å². The molecule has 2 aliphatic rings. The molecule has 102 valence electrons. The summed E-state index contributed by atoms with van der Waals surface area (Å²) in [7, 11) is 0. The fourth-order valence-corrected chi connectivity index (χ4v) is 2.73. The number of carboxylic acids is 1. The molecule has 2 aliphatic heterocycles. The third kappa shape index (κ3) is 2.49. The SMILES string of the molecule is CC1(C(=O)O)CCCN1C(=O)CN1CCNCC1. The van der Waals surface area contributed by atoms with Crippen LogP contribution < -0.4 is 5.32 Å². The minimum Gasteiger partial charge on any atom is -0.480 e. The summed E-state index contributed by atoms with van der Waals surface area (Å²) >= 11 is 0. The summed E-state index contributed by atoms with van der Waals surface area (Å²) in [6, 6.07) is 0. The maximum Gasteiger partial charge on any atom is 0.329 e. The van der Waals surface area contributed by atoms with Crippen molar-refractivity contribution in [1.29, 1.82) is 0 Å². The lowest BCUT2D eigenvalue weighted by Crippen LogP contribution is -2.55. The number of carbonyl (C=O) groups is 2. The van der Waals surface area contributed by atoms with Crippen molar-refractivity contribution >= 4 is 11.9 Å². The number of hydrogen-bond donors (Lipinski definition) is 2. The number of carboxylic acid groups (broad SMARTS) is 1. The Morgan fingerprint density at radius 3 is 2.56 bits per heavy atom. The lowest BCUT2D eigenvalue weighted by atomic mass is 9.99. The van der Waals surface area contributed by atoms with Gasteiger partial charge in [-0.25, -0.2) is 4.79 Å². The van der Waals surface area contributed by atoms with E-state index < -0.39 is 11.5 Å². The molecule has 1 atom stereocenters. The van der Waals surface area contributed by atoms with Crippen LogP contribution in [0.15, 0.2) is 0 Å². The Balaban J connectivity index is 1.97. The monoisotopic (exact) mass is 255 g/mol. The van der Waals surface area contributed by atoms with E-state index in [2.05, 4.69) is 10.2 Å². The Hall–Kier alpha value is -1.14. The number of nitrogens with one attached hydrogen (secondary N) is 1. The van der Waals surface area contributed by atoms with Crippen molar-refractivity contribution in [3.8, 4) is 0 Å². The van der Waals surface area contributed by atoms with Crippen LogP contribution in [-0.4, -0.2) is 71.6 Å². The fourth-order valence-electron chi connectivity index (χ4n) is 2.73. The van der Waals surface area contributed by atoms with E-state index in [1.165, 1.54) is 4.90 Å². The lowest BCUT2D eigenvalue weighted by Gasteiger charge is -2.34. The van der Waals surface area contributed by atoms with Crippen LogP contribution >= 0.6 is 0 Å². The first-order valence-corrected chi connectivity index (χ1v) is 6.51. The zero-order valence-corrected chi connectivity index (χ0v) is 10.8. The van der Waals surface area contributed by atoms with Gasteiger partial charge in [0.25, 0.3) is 0 Å². The van der Waals surface area contributed by atoms with Gasteiger partial charge in [0, 0.05) is 32.7 Å².